The molecule has 0 aromatic heterocycles. The lowest BCUT2D eigenvalue weighted by molar-refractivity contribution is -0.142. The third-order valence-electron chi connectivity index (χ3n) is 2.52. The third-order valence-corrected chi connectivity index (χ3v) is 2.52. The van der Waals surface area contributed by atoms with Crippen molar-refractivity contribution in [1.82, 2.24) is 0 Å². The molecule has 0 spiro atoms. The topological polar surface area (TPSA) is 46.5 Å². The fraction of sp³-hybridized carbons (Fsp3) is 0.917. The molecule has 1 atom stereocenters. The molecule has 0 aromatic carbocycles. The van der Waals surface area contributed by atoms with E-state index in [9.17, 15) is 9.90 Å². The van der Waals surface area contributed by atoms with Gasteiger partial charge in [0.1, 0.15) is 0 Å². The Balaban J connectivity index is 3.23. The molecule has 0 fully saturated rings. The second-order valence-electron chi connectivity index (χ2n) is 3.99. The Morgan fingerprint density at radius 1 is 1.20 bits per heavy atom. The van der Waals surface area contributed by atoms with Gasteiger partial charge in [0, 0.05) is 0 Å². The number of aliphatic hydroxyl groups excluding tert-OH is 1. The van der Waals surface area contributed by atoms with E-state index in [4.69, 9.17) is 0 Å². The van der Waals surface area contributed by atoms with Crippen LogP contribution in [0.2, 0.25) is 0 Å². The van der Waals surface area contributed by atoms with Crippen molar-refractivity contribution >= 4 is 5.97 Å². The summed E-state index contributed by atoms with van der Waals surface area (Å²) in [6.07, 6.45) is 7.54. The van der Waals surface area contributed by atoms with Crippen LogP contribution in [0.4, 0.5) is 0 Å². The number of aliphatic hydroxyl groups is 1. The summed E-state index contributed by atoms with van der Waals surface area (Å²) in [5.74, 6) is -0.325. The van der Waals surface area contributed by atoms with Crippen molar-refractivity contribution in [3.63, 3.8) is 0 Å². The quantitative estimate of drug-likeness (QED) is 0.476. The molecule has 0 amide bonds. The Labute approximate surface area is 92.8 Å². The smallest absolute Gasteiger partial charge is 0.308 e. The van der Waals surface area contributed by atoms with Gasteiger partial charge >= 0.3 is 5.97 Å². The average Bonchev–Trinajstić information content (AvgIpc) is 2.23. The Kier molecular flexibility index (Phi) is 9.59. The molecule has 3 nitrogen and oxygen atoms in total. The summed E-state index contributed by atoms with van der Waals surface area (Å²) in [4.78, 5) is 10.8. The highest BCUT2D eigenvalue weighted by molar-refractivity contribution is 5.69. The number of hydrogen-bond donors (Lipinski definition) is 1. The van der Waals surface area contributed by atoms with Crippen LogP contribution in [-0.2, 0) is 9.53 Å². The van der Waals surface area contributed by atoms with Crippen LogP contribution < -0.4 is 0 Å². The van der Waals surface area contributed by atoms with Crippen molar-refractivity contribution in [2.24, 2.45) is 0 Å². The van der Waals surface area contributed by atoms with Gasteiger partial charge in [-0.3, -0.25) is 4.79 Å². The minimum Gasteiger partial charge on any atom is -0.469 e. The van der Waals surface area contributed by atoms with Gasteiger partial charge in [-0.25, -0.2) is 0 Å². The molecule has 0 aliphatic heterocycles. The van der Waals surface area contributed by atoms with Crippen LogP contribution in [0.15, 0.2) is 0 Å². The number of carbonyl (C=O) groups is 1. The van der Waals surface area contributed by atoms with Gasteiger partial charge in [0.2, 0.25) is 0 Å². The first-order valence-electron chi connectivity index (χ1n) is 5.95. The molecule has 0 aliphatic carbocycles. The van der Waals surface area contributed by atoms with Crippen molar-refractivity contribution < 1.29 is 14.6 Å². The summed E-state index contributed by atoms with van der Waals surface area (Å²) in [5.41, 5.74) is 0. The van der Waals surface area contributed by atoms with Crippen LogP contribution in [0.25, 0.3) is 0 Å². The van der Waals surface area contributed by atoms with Gasteiger partial charge in [0.15, 0.2) is 0 Å². The number of ether oxygens (including phenoxy) is 1. The molecule has 3 heteroatoms. The van der Waals surface area contributed by atoms with Crippen LogP contribution in [0.1, 0.15) is 58.3 Å². The van der Waals surface area contributed by atoms with Crippen molar-refractivity contribution in [3.05, 3.63) is 0 Å². The number of hydrogen-bond acceptors (Lipinski definition) is 3. The van der Waals surface area contributed by atoms with Gasteiger partial charge in [0.25, 0.3) is 0 Å². The Morgan fingerprint density at radius 2 is 1.80 bits per heavy atom. The Morgan fingerprint density at radius 3 is 2.40 bits per heavy atom. The van der Waals surface area contributed by atoms with E-state index >= 15 is 0 Å². The number of methoxy groups -OCH3 is 1. The van der Waals surface area contributed by atoms with Gasteiger partial charge < -0.3 is 9.84 Å². The minimum atomic E-state index is -0.524. The van der Waals surface area contributed by atoms with E-state index in [-0.39, 0.29) is 12.4 Å². The predicted octanol–water partition coefficient (Wildman–Crippen LogP) is 2.66. The van der Waals surface area contributed by atoms with Crippen molar-refractivity contribution in [1.29, 1.82) is 0 Å². The van der Waals surface area contributed by atoms with E-state index in [0.717, 1.165) is 12.8 Å². The molecule has 0 aromatic rings. The fourth-order valence-corrected chi connectivity index (χ4v) is 1.54. The molecule has 0 heterocycles. The maximum atomic E-state index is 10.8. The highest BCUT2D eigenvalue weighted by atomic mass is 16.5. The monoisotopic (exact) mass is 216 g/mol. The lowest BCUT2D eigenvalue weighted by atomic mass is 10.1. The van der Waals surface area contributed by atoms with Crippen molar-refractivity contribution in [3.8, 4) is 0 Å². The van der Waals surface area contributed by atoms with Crippen LogP contribution in [0, 0.1) is 0 Å². The summed E-state index contributed by atoms with van der Waals surface area (Å²) >= 11 is 0. The molecule has 1 unspecified atom stereocenters. The van der Waals surface area contributed by atoms with Gasteiger partial charge in [0.05, 0.1) is 19.6 Å². The van der Waals surface area contributed by atoms with Crippen LogP contribution in [0.3, 0.4) is 0 Å². The highest BCUT2D eigenvalue weighted by Crippen LogP contribution is 2.10. The largest absolute Gasteiger partial charge is 0.469 e. The van der Waals surface area contributed by atoms with E-state index in [1.807, 2.05) is 0 Å². The lowest BCUT2D eigenvalue weighted by Gasteiger charge is -2.08. The van der Waals surface area contributed by atoms with Crippen LogP contribution >= 0.6 is 0 Å². The first-order valence-corrected chi connectivity index (χ1v) is 5.95. The minimum absolute atomic E-state index is 0.130. The molecule has 0 bridgehead atoms. The maximum absolute atomic E-state index is 10.8. The molecule has 1 N–H and O–H groups in total. The highest BCUT2D eigenvalue weighted by Gasteiger charge is 2.09. The maximum Gasteiger partial charge on any atom is 0.308 e. The molecule has 0 aliphatic rings. The second kappa shape index (κ2) is 9.97. The normalized spacial score (nSPS) is 12.5. The first kappa shape index (κ1) is 14.4. The van der Waals surface area contributed by atoms with E-state index in [2.05, 4.69) is 11.7 Å². The van der Waals surface area contributed by atoms with Gasteiger partial charge in [-0.15, -0.1) is 0 Å². The number of rotatable bonds is 9. The molecule has 0 saturated heterocycles. The first-order chi connectivity index (χ1) is 7.20. The van der Waals surface area contributed by atoms with Crippen LogP contribution in [0.5, 0.6) is 0 Å². The summed E-state index contributed by atoms with van der Waals surface area (Å²) in [6, 6.07) is 0. The van der Waals surface area contributed by atoms with E-state index < -0.39 is 6.10 Å². The summed E-state index contributed by atoms with van der Waals surface area (Å²) in [7, 11) is 1.35. The number of carbonyl (C=O) groups excluding carboxylic acids is 1. The molecular formula is C12H24O3. The van der Waals surface area contributed by atoms with Gasteiger partial charge in [-0.05, 0) is 6.42 Å². The SMILES string of the molecule is CCCCCCCCC(O)CC(=O)OC. The van der Waals surface area contributed by atoms with E-state index in [1.54, 1.807) is 0 Å². The summed E-state index contributed by atoms with van der Waals surface area (Å²) in [6.45, 7) is 2.19. The number of esters is 1. The zero-order valence-electron chi connectivity index (χ0n) is 10.00. The summed E-state index contributed by atoms with van der Waals surface area (Å²) < 4.78 is 4.48. The van der Waals surface area contributed by atoms with Gasteiger partial charge in [-0.1, -0.05) is 45.4 Å². The van der Waals surface area contributed by atoms with E-state index in [1.165, 1.54) is 32.8 Å². The van der Waals surface area contributed by atoms with Crippen molar-refractivity contribution in [2.45, 2.75) is 64.4 Å². The molecule has 0 rings (SSSR count). The van der Waals surface area contributed by atoms with Crippen molar-refractivity contribution in [2.75, 3.05) is 7.11 Å². The molecular weight excluding hydrogens is 192 g/mol. The second-order valence-corrected chi connectivity index (χ2v) is 3.99. The fourth-order valence-electron chi connectivity index (χ4n) is 1.54. The summed E-state index contributed by atoms with van der Waals surface area (Å²) in [5, 5.41) is 9.45. The van der Waals surface area contributed by atoms with E-state index in [0.29, 0.717) is 6.42 Å². The Hall–Kier alpha value is -0.570. The Bertz CT molecular complexity index is 157. The van der Waals surface area contributed by atoms with Crippen LogP contribution in [-0.4, -0.2) is 24.3 Å². The zero-order valence-corrected chi connectivity index (χ0v) is 10.00. The van der Waals surface area contributed by atoms with Gasteiger partial charge in [-0.2, -0.15) is 0 Å². The molecule has 0 radical (unpaired) electrons. The number of unbranched alkanes of at least 4 members (excludes halogenated alkanes) is 5. The molecule has 15 heavy (non-hydrogen) atoms. The molecule has 0 saturated carbocycles. The lowest BCUT2D eigenvalue weighted by Crippen LogP contribution is -2.14. The average molecular weight is 216 g/mol. The predicted molar refractivity (Wildman–Crippen MR) is 60.6 cm³/mol. The standard InChI is InChI=1S/C12H24O3/c1-3-4-5-6-7-8-9-11(13)10-12(14)15-2/h11,13H,3-10H2,1-2H3. The zero-order chi connectivity index (χ0) is 11.5. The molecule has 90 valence electrons. The third kappa shape index (κ3) is 9.73.